The standard InChI is InChI=1S/C30H45NO4/c1-24(2)11-12-28-13-14-29(17-31)27(6)10-7-18-25(3,4)21(32)8-9-26(18,5)19(27)15-22(33)30(29,20(28)16-24)35-23(28)34/h17-20,22,31,33H,7-16H2,1-6H3/t18-,19+,20+,22-,26-,27+,28-,29+,30+/m0/s1. The van der Waals surface area contributed by atoms with Crippen LogP contribution in [-0.2, 0) is 14.3 Å². The number of rotatable bonds is 1. The molecule has 1 spiro atoms. The summed E-state index contributed by atoms with van der Waals surface area (Å²) in [6.45, 7) is 13.6. The Morgan fingerprint density at radius 1 is 0.914 bits per heavy atom. The van der Waals surface area contributed by atoms with Crippen molar-refractivity contribution >= 4 is 18.0 Å². The molecule has 194 valence electrons. The van der Waals surface area contributed by atoms with Gasteiger partial charge in [0.25, 0.3) is 0 Å². The predicted molar refractivity (Wildman–Crippen MR) is 134 cm³/mol. The van der Waals surface area contributed by atoms with Crippen LogP contribution in [0.5, 0.6) is 0 Å². The molecule has 35 heavy (non-hydrogen) atoms. The van der Waals surface area contributed by atoms with Crippen molar-refractivity contribution in [1.29, 1.82) is 5.41 Å². The van der Waals surface area contributed by atoms with E-state index in [1.54, 1.807) is 6.21 Å². The number of esters is 1. The van der Waals surface area contributed by atoms with Gasteiger partial charge in [-0.1, -0.05) is 41.5 Å². The fraction of sp³-hybridized carbons (Fsp3) is 0.900. The summed E-state index contributed by atoms with van der Waals surface area (Å²) in [5, 5.41) is 21.2. The van der Waals surface area contributed by atoms with Crippen molar-refractivity contribution in [2.45, 2.75) is 117 Å². The van der Waals surface area contributed by atoms with Crippen molar-refractivity contribution in [2.75, 3.05) is 0 Å². The summed E-state index contributed by atoms with van der Waals surface area (Å²) >= 11 is 0. The molecule has 6 fully saturated rings. The highest BCUT2D eigenvalue weighted by Crippen LogP contribution is 2.80. The molecule has 5 nitrogen and oxygen atoms in total. The molecule has 1 saturated heterocycles. The quantitative estimate of drug-likeness (QED) is 0.369. The normalized spacial score (nSPS) is 55.6. The SMILES string of the molecule is CC1(C)CC[C@@]23CC[C@]4(C=N)[C@@](OC2=O)([C@@H]3C1)[C@@H](O)C[C@@H]1[C@@]2(C)CCC(=O)C(C)(C)[C@@H]2CC[C@]14C. The zero-order valence-corrected chi connectivity index (χ0v) is 22.6. The summed E-state index contributed by atoms with van der Waals surface area (Å²) in [7, 11) is 0. The van der Waals surface area contributed by atoms with Gasteiger partial charge in [-0.2, -0.15) is 0 Å². The van der Waals surface area contributed by atoms with Gasteiger partial charge in [0.1, 0.15) is 5.78 Å². The van der Waals surface area contributed by atoms with Gasteiger partial charge in [-0.25, -0.2) is 0 Å². The van der Waals surface area contributed by atoms with E-state index in [-0.39, 0.29) is 45.4 Å². The van der Waals surface area contributed by atoms with Gasteiger partial charge in [0.2, 0.25) is 0 Å². The summed E-state index contributed by atoms with van der Waals surface area (Å²) in [6, 6.07) is 0. The van der Waals surface area contributed by atoms with E-state index in [0.717, 1.165) is 51.4 Å². The number of ketones is 1. The molecule has 5 saturated carbocycles. The second-order valence-corrected chi connectivity index (χ2v) is 15.3. The molecule has 2 N–H and O–H groups in total. The fourth-order valence-corrected chi connectivity index (χ4v) is 11.6. The lowest BCUT2D eigenvalue weighted by Gasteiger charge is -2.73. The summed E-state index contributed by atoms with van der Waals surface area (Å²) in [5.41, 5.74) is -2.77. The maximum atomic E-state index is 13.7. The van der Waals surface area contributed by atoms with Crippen LogP contribution in [0.4, 0.5) is 0 Å². The number of carbonyl (C=O) groups is 2. The third kappa shape index (κ3) is 2.40. The molecule has 1 heterocycles. The minimum absolute atomic E-state index is 0.0377. The molecule has 2 bridgehead atoms. The van der Waals surface area contributed by atoms with Crippen LogP contribution in [0.1, 0.15) is 106 Å². The van der Waals surface area contributed by atoms with Crippen molar-refractivity contribution < 1.29 is 19.4 Å². The maximum absolute atomic E-state index is 13.7. The van der Waals surface area contributed by atoms with Gasteiger partial charge in [-0.3, -0.25) is 9.59 Å². The molecule has 0 aromatic rings. The van der Waals surface area contributed by atoms with Gasteiger partial charge in [-0.15, -0.1) is 0 Å². The van der Waals surface area contributed by atoms with Crippen LogP contribution < -0.4 is 0 Å². The molecule has 6 aliphatic rings. The molecule has 0 aromatic carbocycles. The van der Waals surface area contributed by atoms with E-state index in [9.17, 15) is 14.7 Å². The Labute approximate surface area is 210 Å². The zero-order valence-electron chi connectivity index (χ0n) is 22.6. The van der Waals surface area contributed by atoms with E-state index in [4.69, 9.17) is 10.1 Å². The number of hydrogen-bond acceptors (Lipinski definition) is 5. The number of nitrogens with one attached hydrogen (secondary N) is 1. The molecule has 0 aromatic heterocycles. The molecular formula is C30H45NO4. The molecule has 5 heteroatoms. The third-order valence-corrected chi connectivity index (χ3v) is 13.5. The summed E-state index contributed by atoms with van der Waals surface area (Å²) in [5.74, 6) is 0.693. The molecule has 1 aliphatic heterocycles. The van der Waals surface area contributed by atoms with Gasteiger partial charge in [-0.05, 0) is 85.9 Å². The second-order valence-electron chi connectivity index (χ2n) is 15.3. The first-order chi connectivity index (χ1) is 16.2. The van der Waals surface area contributed by atoms with E-state index in [0.29, 0.717) is 18.6 Å². The van der Waals surface area contributed by atoms with Gasteiger partial charge in [0.15, 0.2) is 5.60 Å². The van der Waals surface area contributed by atoms with Gasteiger partial charge < -0.3 is 15.3 Å². The number of carbonyl (C=O) groups excluding carboxylic acids is 2. The van der Waals surface area contributed by atoms with Gasteiger partial charge in [0.05, 0.1) is 16.9 Å². The number of ether oxygens (including phenoxy) is 1. The summed E-state index contributed by atoms with van der Waals surface area (Å²) in [6.07, 6.45) is 9.01. The Balaban J connectivity index is 1.53. The Morgan fingerprint density at radius 2 is 1.60 bits per heavy atom. The van der Waals surface area contributed by atoms with Crippen LogP contribution in [0, 0.1) is 55.7 Å². The zero-order chi connectivity index (χ0) is 25.4. The minimum Gasteiger partial charge on any atom is -0.455 e. The van der Waals surface area contributed by atoms with Crippen LogP contribution in [-0.4, -0.2) is 34.8 Å². The average molecular weight is 484 g/mol. The van der Waals surface area contributed by atoms with Crippen molar-refractivity contribution in [2.24, 2.45) is 50.2 Å². The lowest BCUT2D eigenvalue weighted by Crippen LogP contribution is -2.77. The van der Waals surface area contributed by atoms with Crippen LogP contribution in [0.25, 0.3) is 0 Å². The molecule has 0 amide bonds. The maximum Gasteiger partial charge on any atom is 0.313 e. The number of aliphatic hydroxyl groups is 1. The molecule has 6 rings (SSSR count). The van der Waals surface area contributed by atoms with Crippen LogP contribution in [0.15, 0.2) is 0 Å². The first-order valence-corrected chi connectivity index (χ1v) is 14.1. The van der Waals surface area contributed by atoms with Gasteiger partial charge >= 0.3 is 5.97 Å². The summed E-state index contributed by atoms with van der Waals surface area (Å²) in [4.78, 5) is 26.7. The number of aliphatic hydroxyl groups excluding tert-OH is 1. The minimum atomic E-state index is -1.00. The van der Waals surface area contributed by atoms with E-state index < -0.39 is 22.5 Å². The van der Waals surface area contributed by atoms with Crippen molar-refractivity contribution in [3.05, 3.63) is 0 Å². The molecule has 5 aliphatic carbocycles. The highest BCUT2D eigenvalue weighted by atomic mass is 16.6. The highest BCUT2D eigenvalue weighted by molar-refractivity contribution is 5.86. The van der Waals surface area contributed by atoms with E-state index in [2.05, 4.69) is 41.5 Å². The van der Waals surface area contributed by atoms with Crippen LogP contribution in [0.2, 0.25) is 0 Å². The van der Waals surface area contributed by atoms with Crippen molar-refractivity contribution in [1.82, 2.24) is 0 Å². The Bertz CT molecular complexity index is 1020. The average Bonchev–Trinajstić information content (AvgIpc) is 2.95. The second kappa shape index (κ2) is 6.60. The van der Waals surface area contributed by atoms with Crippen LogP contribution >= 0.6 is 0 Å². The number of fused-ring (bicyclic) bond motifs is 4. The lowest BCUT2D eigenvalue weighted by atomic mass is 9.30. The lowest BCUT2D eigenvalue weighted by molar-refractivity contribution is -0.292. The Morgan fingerprint density at radius 3 is 2.29 bits per heavy atom. The number of hydrogen-bond donors (Lipinski definition) is 2. The molecule has 0 unspecified atom stereocenters. The molecule has 9 atom stereocenters. The molecule has 0 radical (unpaired) electrons. The van der Waals surface area contributed by atoms with E-state index in [1.807, 2.05) is 0 Å². The smallest absolute Gasteiger partial charge is 0.313 e. The van der Waals surface area contributed by atoms with E-state index >= 15 is 0 Å². The van der Waals surface area contributed by atoms with Gasteiger partial charge in [0, 0.05) is 24.0 Å². The Kier molecular flexibility index (Phi) is 4.55. The third-order valence-electron chi connectivity index (χ3n) is 13.5. The first kappa shape index (κ1) is 24.1. The van der Waals surface area contributed by atoms with Crippen molar-refractivity contribution in [3.63, 3.8) is 0 Å². The topological polar surface area (TPSA) is 87.4 Å². The Hall–Kier alpha value is -1.23. The summed E-state index contributed by atoms with van der Waals surface area (Å²) < 4.78 is 6.56. The largest absolute Gasteiger partial charge is 0.455 e. The van der Waals surface area contributed by atoms with Crippen LogP contribution in [0.3, 0.4) is 0 Å². The molecular weight excluding hydrogens is 438 g/mol. The van der Waals surface area contributed by atoms with Crippen molar-refractivity contribution in [3.8, 4) is 0 Å². The predicted octanol–water partition coefficient (Wildman–Crippen LogP) is 5.72. The first-order valence-electron chi connectivity index (χ1n) is 14.1. The fourth-order valence-electron chi connectivity index (χ4n) is 11.6. The highest BCUT2D eigenvalue weighted by Gasteiger charge is 2.84. The monoisotopic (exact) mass is 483 g/mol. The number of Topliss-reactive ketones (excluding diaryl/α,β-unsaturated/α-hetero) is 1. The van der Waals surface area contributed by atoms with E-state index in [1.165, 1.54) is 0 Å².